The molecule has 1 saturated heterocycles. The summed E-state index contributed by atoms with van der Waals surface area (Å²) < 4.78 is 5.13. The van der Waals surface area contributed by atoms with Crippen molar-refractivity contribution >= 4 is 23.5 Å². The smallest absolute Gasteiger partial charge is 0.233 e. The summed E-state index contributed by atoms with van der Waals surface area (Å²) in [6.07, 6.45) is 0.343. The number of ketones is 1. The molecule has 19 heavy (non-hydrogen) atoms. The summed E-state index contributed by atoms with van der Waals surface area (Å²) in [4.78, 5) is 23.4. The average molecular weight is 279 g/mol. The molecule has 2 rings (SSSR count). The zero-order valence-corrected chi connectivity index (χ0v) is 11.8. The summed E-state index contributed by atoms with van der Waals surface area (Å²) in [6, 6.07) is 7.56. The van der Waals surface area contributed by atoms with Gasteiger partial charge in [-0.3, -0.25) is 9.59 Å². The van der Waals surface area contributed by atoms with E-state index in [1.807, 2.05) is 31.2 Å². The fourth-order valence-corrected chi connectivity index (χ4v) is 3.17. The highest BCUT2D eigenvalue weighted by atomic mass is 32.2. The van der Waals surface area contributed by atoms with Crippen molar-refractivity contribution in [3.8, 4) is 5.75 Å². The molecule has 1 amide bonds. The van der Waals surface area contributed by atoms with Crippen LogP contribution in [0.25, 0.3) is 0 Å². The fraction of sp³-hybridized carbons (Fsp3) is 0.429. The molecule has 1 aromatic rings. The second-order valence-electron chi connectivity index (χ2n) is 4.51. The third-order valence-electron chi connectivity index (χ3n) is 3.10. The first kappa shape index (κ1) is 13.9. The number of carbonyl (C=O) groups excluding carboxylic acids is 2. The number of rotatable bonds is 4. The maximum Gasteiger partial charge on any atom is 0.233 e. The molecule has 102 valence electrons. The lowest BCUT2D eigenvalue weighted by Crippen LogP contribution is -2.31. The Morgan fingerprint density at radius 3 is 2.95 bits per heavy atom. The van der Waals surface area contributed by atoms with Crippen molar-refractivity contribution in [2.75, 3.05) is 7.11 Å². The number of hydrogen-bond acceptors (Lipinski definition) is 4. The summed E-state index contributed by atoms with van der Waals surface area (Å²) in [6.45, 7) is 2.30. The summed E-state index contributed by atoms with van der Waals surface area (Å²) in [7, 11) is 1.61. The van der Waals surface area contributed by atoms with Crippen molar-refractivity contribution in [3.05, 3.63) is 29.8 Å². The van der Waals surface area contributed by atoms with Crippen LogP contribution in [0, 0.1) is 0 Å². The summed E-state index contributed by atoms with van der Waals surface area (Å²) in [5, 5.41) is 2.56. The molecule has 1 aromatic carbocycles. The van der Waals surface area contributed by atoms with Gasteiger partial charge >= 0.3 is 0 Å². The number of amides is 1. The minimum absolute atomic E-state index is 0.0624. The van der Waals surface area contributed by atoms with Crippen molar-refractivity contribution in [2.45, 2.75) is 30.4 Å². The van der Waals surface area contributed by atoms with Gasteiger partial charge in [-0.1, -0.05) is 12.1 Å². The Morgan fingerprint density at radius 2 is 2.32 bits per heavy atom. The van der Waals surface area contributed by atoms with Gasteiger partial charge < -0.3 is 10.1 Å². The number of benzene rings is 1. The zero-order valence-electron chi connectivity index (χ0n) is 11.0. The molecule has 0 bridgehead atoms. The van der Waals surface area contributed by atoms with Crippen LogP contribution >= 0.6 is 11.8 Å². The van der Waals surface area contributed by atoms with Crippen molar-refractivity contribution < 1.29 is 14.3 Å². The molecular formula is C14H17NO3S. The molecular weight excluding hydrogens is 262 g/mol. The third-order valence-corrected chi connectivity index (χ3v) is 4.48. The van der Waals surface area contributed by atoms with Gasteiger partial charge in [0.25, 0.3) is 0 Å². The lowest BCUT2D eigenvalue weighted by molar-refractivity contribution is -0.123. The zero-order chi connectivity index (χ0) is 13.8. The minimum Gasteiger partial charge on any atom is -0.497 e. The molecule has 2 atom stereocenters. The predicted octanol–water partition coefficient (Wildman–Crippen LogP) is 1.77. The van der Waals surface area contributed by atoms with Gasteiger partial charge in [-0.25, -0.2) is 0 Å². The molecule has 1 N–H and O–H groups in total. The Bertz CT molecular complexity index is 489. The average Bonchev–Trinajstić information content (AvgIpc) is 2.76. The Balaban J connectivity index is 1.88. The van der Waals surface area contributed by atoms with Crippen molar-refractivity contribution in [2.24, 2.45) is 0 Å². The standard InChI is InChI=1S/C14H17NO3S/c1-9-12(16)7-13(19-9)14(17)15-8-10-4-3-5-11(6-10)18-2/h3-6,9,13H,7-8H2,1-2H3,(H,15,17). The second-order valence-corrected chi connectivity index (χ2v) is 6.06. The molecule has 0 radical (unpaired) electrons. The summed E-state index contributed by atoms with van der Waals surface area (Å²) >= 11 is 1.44. The third kappa shape index (κ3) is 3.50. The predicted molar refractivity (Wildman–Crippen MR) is 75.3 cm³/mol. The van der Waals surface area contributed by atoms with Crippen molar-refractivity contribution in [3.63, 3.8) is 0 Å². The SMILES string of the molecule is COc1cccc(CNC(=O)C2CC(=O)C(C)S2)c1. The first-order chi connectivity index (χ1) is 9.10. The number of ether oxygens (including phenoxy) is 1. The molecule has 0 saturated carbocycles. The number of nitrogens with one attached hydrogen (secondary N) is 1. The number of hydrogen-bond donors (Lipinski definition) is 1. The first-order valence-corrected chi connectivity index (χ1v) is 7.13. The number of carbonyl (C=O) groups is 2. The highest BCUT2D eigenvalue weighted by Crippen LogP contribution is 2.30. The van der Waals surface area contributed by atoms with E-state index in [9.17, 15) is 9.59 Å². The largest absolute Gasteiger partial charge is 0.497 e. The van der Waals surface area contributed by atoms with Crippen LogP contribution in [0.3, 0.4) is 0 Å². The van der Waals surface area contributed by atoms with E-state index in [4.69, 9.17) is 4.74 Å². The Labute approximate surface area is 116 Å². The van der Waals surface area contributed by atoms with Gasteiger partial charge in [-0.15, -0.1) is 11.8 Å². The molecule has 2 unspecified atom stereocenters. The lowest BCUT2D eigenvalue weighted by Gasteiger charge is -2.10. The van der Waals surface area contributed by atoms with Crippen molar-refractivity contribution in [1.29, 1.82) is 0 Å². The molecule has 0 spiro atoms. The molecule has 0 aliphatic carbocycles. The normalized spacial score (nSPS) is 22.3. The van der Waals surface area contributed by atoms with E-state index >= 15 is 0 Å². The molecule has 1 heterocycles. The molecule has 1 fully saturated rings. The maximum absolute atomic E-state index is 11.9. The Kier molecular flexibility index (Phi) is 4.47. The van der Waals surface area contributed by atoms with Gasteiger partial charge in [0.05, 0.1) is 17.6 Å². The number of methoxy groups -OCH3 is 1. The van der Waals surface area contributed by atoms with E-state index in [1.54, 1.807) is 7.11 Å². The minimum atomic E-state index is -0.242. The van der Waals surface area contributed by atoms with Gasteiger partial charge in [0.1, 0.15) is 11.5 Å². The summed E-state index contributed by atoms with van der Waals surface area (Å²) in [5.41, 5.74) is 0.982. The van der Waals surface area contributed by atoms with Crippen LogP contribution in [0.15, 0.2) is 24.3 Å². The monoisotopic (exact) mass is 279 g/mol. The van der Waals surface area contributed by atoms with Crippen LogP contribution in [0.1, 0.15) is 18.9 Å². The summed E-state index contributed by atoms with van der Waals surface area (Å²) in [5.74, 6) is 0.864. The van der Waals surface area contributed by atoms with Crippen molar-refractivity contribution in [1.82, 2.24) is 5.32 Å². The van der Waals surface area contributed by atoms with Gasteiger partial charge in [0.2, 0.25) is 5.91 Å². The maximum atomic E-state index is 11.9. The van der Waals surface area contributed by atoms with E-state index in [2.05, 4.69) is 5.32 Å². The van der Waals surface area contributed by atoms with E-state index in [0.717, 1.165) is 11.3 Å². The van der Waals surface area contributed by atoms with Gasteiger partial charge in [0, 0.05) is 13.0 Å². The Morgan fingerprint density at radius 1 is 1.53 bits per heavy atom. The van der Waals surface area contributed by atoms with Crippen LogP contribution < -0.4 is 10.1 Å². The first-order valence-electron chi connectivity index (χ1n) is 6.19. The molecule has 5 heteroatoms. The van der Waals surface area contributed by atoms with Crippen LogP contribution in [-0.2, 0) is 16.1 Å². The van der Waals surface area contributed by atoms with E-state index < -0.39 is 0 Å². The Hall–Kier alpha value is -1.49. The van der Waals surface area contributed by atoms with Gasteiger partial charge in [-0.05, 0) is 24.6 Å². The van der Waals surface area contributed by atoms with Gasteiger partial charge in [0.15, 0.2) is 0 Å². The van der Waals surface area contributed by atoms with Crippen LogP contribution in [0.4, 0.5) is 0 Å². The van der Waals surface area contributed by atoms with E-state index in [0.29, 0.717) is 13.0 Å². The highest BCUT2D eigenvalue weighted by Gasteiger charge is 2.34. The second kappa shape index (κ2) is 6.10. The van der Waals surface area contributed by atoms with Crippen LogP contribution in [0.2, 0.25) is 0 Å². The quantitative estimate of drug-likeness (QED) is 0.912. The van der Waals surface area contributed by atoms with E-state index in [1.165, 1.54) is 11.8 Å². The van der Waals surface area contributed by atoms with Crippen LogP contribution in [-0.4, -0.2) is 29.3 Å². The topological polar surface area (TPSA) is 55.4 Å². The number of thioether (sulfide) groups is 1. The fourth-order valence-electron chi connectivity index (χ4n) is 1.96. The van der Waals surface area contributed by atoms with Gasteiger partial charge in [-0.2, -0.15) is 0 Å². The number of Topliss-reactive ketones (excluding diaryl/α,β-unsaturated/α-hetero) is 1. The van der Waals surface area contributed by atoms with E-state index in [-0.39, 0.29) is 22.2 Å². The molecule has 1 aliphatic rings. The molecule has 1 aliphatic heterocycles. The van der Waals surface area contributed by atoms with Crippen LogP contribution in [0.5, 0.6) is 5.75 Å². The molecule has 4 nitrogen and oxygen atoms in total. The highest BCUT2D eigenvalue weighted by molar-refractivity contribution is 8.02. The molecule has 0 aromatic heterocycles. The lowest BCUT2D eigenvalue weighted by atomic mass is 10.1.